The number of carbonyl (C=O) groups is 1. The smallest absolute Gasteiger partial charge is 0.254 e. The molecule has 1 aliphatic heterocycles. The number of halogens is 2. The lowest BCUT2D eigenvalue weighted by molar-refractivity contribution is 0.0304. The number of amides is 1. The number of ether oxygens (including phenoxy) is 1. The van der Waals surface area contributed by atoms with Crippen molar-refractivity contribution in [1.29, 1.82) is 0 Å². The highest BCUT2D eigenvalue weighted by molar-refractivity contribution is 6.35. The highest BCUT2D eigenvalue weighted by Crippen LogP contribution is 2.35. The van der Waals surface area contributed by atoms with Crippen molar-refractivity contribution >= 4 is 40.0 Å². The van der Waals surface area contributed by atoms with E-state index < -0.39 is 0 Å². The zero-order valence-electron chi connectivity index (χ0n) is 16.5. The fourth-order valence-corrected chi connectivity index (χ4v) is 4.10. The quantitative estimate of drug-likeness (QED) is 0.385. The Morgan fingerprint density at radius 2 is 1.71 bits per heavy atom. The van der Waals surface area contributed by atoms with E-state index in [0.717, 1.165) is 10.9 Å². The number of furan rings is 1. The Balaban J connectivity index is 1.59. The Morgan fingerprint density at radius 1 is 0.935 bits per heavy atom. The molecule has 0 N–H and O–H groups in total. The van der Waals surface area contributed by atoms with Crippen molar-refractivity contribution in [2.75, 3.05) is 26.3 Å². The van der Waals surface area contributed by atoms with Crippen molar-refractivity contribution in [3.05, 3.63) is 76.3 Å². The summed E-state index contributed by atoms with van der Waals surface area (Å²) in [5.74, 6) is 1.10. The van der Waals surface area contributed by atoms with Gasteiger partial charge in [-0.1, -0.05) is 41.4 Å². The molecule has 7 heteroatoms. The van der Waals surface area contributed by atoms with Gasteiger partial charge >= 0.3 is 0 Å². The predicted octanol–water partition coefficient (Wildman–Crippen LogP) is 5.94. The fraction of sp³-hybridized carbons (Fsp3) is 0.167. The van der Waals surface area contributed by atoms with Gasteiger partial charge in [-0.3, -0.25) is 4.79 Å². The minimum Gasteiger partial charge on any atom is -0.454 e. The second-order valence-electron chi connectivity index (χ2n) is 7.26. The molecule has 0 bridgehead atoms. The summed E-state index contributed by atoms with van der Waals surface area (Å²) in [5.41, 5.74) is 2.61. The van der Waals surface area contributed by atoms with E-state index in [1.807, 2.05) is 41.3 Å². The van der Waals surface area contributed by atoms with Gasteiger partial charge in [0.2, 0.25) is 0 Å². The third-order valence-corrected chi connectivity index (χ3v) is 5.86. The van der Waals surface area contributed by atoms with Crippen LogP contribution in [0.15, 0.2) is 65.1 Å². The minimum atomic E-state index is -0.0344. The van der Waals surface area contributed by atoms with Gasteiger partial charge in [0, 0.05) is 29.1 Å². The first-order chi connectivity index (χ1) is 15.1. The first-order valence-corrected chi connectivity index (χ1v) is 10.7. The van der Waals surface area contributed by atoms with Crippen LogP contribution in [-0.4, -0.2) is 42.1 Å². The van der Waals surface area contributed by atoms with Crippen molar-refractivity contribution in [2.24, 2.45) is 0 Å². The maximum Gasteiger partial charge on any atom is 0.254 e. The Kier molecular flexibility index (Phi) is 5.40. The van der Waals surface area contributed by atoms with E-state index in [2.05, 4.69) is 0 Å². The molecule has 1 fully saturated rings. The second-order valence-corrected chi connectivity index (χ2v) is 8.11. The molecule has 2 aromatic carbocycles. The standard InChI is InChI=1S/C24H18Cl2N2O3/c25-15-5-6-19(26)18(13-15)22-7-8-23(31-22)21-14-17(16-3-1-2-4-20(16)27-21)24(29)28-9-11-30-12-10-28/h1-8,13-14H,9-12H2. The van der Waals surface area contributed by atoms with Crippen molar-refractivity contribution in [3.8, 4) is 22.8 Å². The summed E-state index contributed by atoms with van der Waals surface area (Å²) in [6.07, 6.45) is 0. The van der Waals surface area contributed by atoms with Gasteiger partial charge < -0.3 is 14.1 Å². The largest absolute Gasteiger partial charge is 0.454 e. The summed E-state index contributed by atoms with van der Waals surface area (Å²) < 4.78 is 11.5. The molecule has 0 unspecified atom stereocenters. The summed E-state index contributed by atoms with van der Waals surface area (Å²) >= 11 is 12.4. The first-order valence-electron chi connectivity index (χ1n) is 9.92. The Morgan fingerprint density at radius 3 is 2.55 bits per heavy atom. The number of nitrogens with zero attached hydrogens (tertiary/aromatic N) is 2. The molecule has 1 aliphatic rings. The molecule has 0 radical (unpaired) electrons. The van der Waals surface area contributed by atoms with Crippen LogP contribution in [-0.2, 0) is 4.74 Å². The first kappa shape index (κ1) is 20.1. The minimum absolute atomic E-state index is 0.0344. The number of pyridine rings is 1. The number of rotatable bonds is 3. The number of carbonyl (C=O) groups excluding carboxylic acids is 1. The number of hydrogen-bond donors (Lipinski definition) is 0. The lowest BCUT2D eigenvalue weighted by Gasteiger charge is -2.27. The third kappa shape index (κ3) is 3.92. The molecule has 1 saturated heterocycles. The van der Waals surface area contributed by atoms with Crippen LogP contribution in [0.2, 0.25) is 10.0 Å². The molecule has 0 atom stereocenters. The van der Waals surface area contributed by atoms with Crippen molar-refractivity contribution < 1.29 is 13.9 Å². The number of aromatic nitrogens is 1. The number of hydrogen-bond acceptors (Lipinski definition) is 4. The summed E-state index contributed by atoms with van der Waals surface area (Å²) in [7, 11) is 0. The lowest BCUT2D eigenvalue weighted by Crippen LogP contribution is -2.40. The summed E-state index contributed by atoms with van der Waals surface area (Å²) in [6, 6.07) is 18.3. The average molecular weight is 453 g/mol. The topological polar surface area (TPSA) is 55.6 Å². The van der Waals surface area contributed by atoms with Crippen LogP contribution in [0.25, 0.3) is 33.7 Å². The molecule has 3 heterocycles. The predicted molar refractivity (Wildman–Crippen MR) is 122 cm³/mol. The maximum absolute atomic E-state index is 13.3. The maximum atomic E-state index is 13.3. The molecule has 0 aliphatic carbocycles. The molecule has 5 nitrogen and oxygen atoms in total. The van der Waals surface area contributed by atoms with E-state index in [0.29, 0.717) is 64.7 Å². The molecule has 2 aromatic heterocycles. The van der Waals surface area contributed by atoms with Crippen LogP contribution >= 0.6 is 23.2 Å². The monoisotopic (exact) mass is 452 g/mol. The number of benzene rings is 2. The van der Waals surface area contributed by atoms with Crippen LogP contribution in [0, 0.1) is 0 Å². The third-order valence-electron chi connectivity index (χ3n) is 5.30. The summed E-state index contributed by atoms with van der Waals surface area (Å²) in [6.45, 7) is 2.24. The van der Waals surface area contributed by atoms with Gasteiger partial charge in [0.15, 0.2) is 5.76 Å². The van der Waals surface area contributed by atoms with E-state index in [-0.39, 0.29) is 5.91 Å². The Bertz CT molecular complexity index is 1280. The molecule has 1 amide bonds. The molecule has 5 rings (SSSR count). The van der Waals surface area contributed by atoms with E-state index in [1.54, 1.807) is 24.3 Å². The number of morpholine rings is 1. The van der Waals surface area contributed by atoms with Crippen LogP contribution < -0.4 is 0 Å². The van der Waals surface area contributed by atoms with Crippen LogP contribution in [0.3, 0.4) is 0 Å². The Labute approximate surface area is 189 Å². The lowest BCUT2D eigenvalue weighted by atomic mass is 10.1. The Hall–Kier alpha value is -2.86. The van der Waals surface area contributed by atoms with Gasteiger partial charge in [-0.15, -0.1) is 0 Å². The van der Waals surface area contributed by atoms with Crippen molar-refractivity contribution in [2.45, 2.75) is 0 Å². The van der Waals surface area contributed by atoms with E-state index in [4.69, 9.17) is 37.3 Å². The molecular formula is C24H18Cl2N2O3. The molecule has 0 saturated carbocycles. The SMILES string of the molecule is O=C(c1cc(-c2ccc(-c3cc(Cl)ccc3Cl)o2)nc2ccccc12)N1CCOCC1. The number of fused-ring (bicyclic) bond motifs is 1. The van der Waals surface area contributed by atoms with Crippen LogP contribution in [0.5, 0.6) is 0 Å². The van der Waals surface area contributed by atoms with E-state index >= 15 is 0 Å². The van der Waals surface area contributed by atoms with Gasteiger partial charge in [0.25, 0.3) is 5.91 Å². The highest BCUT2D eigenvalue weighted by atomic mass is 35.5. The molecule has 4 aromatic rings. The average Bonchev–Trinajstić information content (AvgIpc) is 3.30. The van der Waals surface area contributed by atoms with Crippen molar-refractivity contribution in [3.63, 3.8) is 0 Å². The normalized spacial score (nSPS) is 14.2. The van der Waals surface area contributed by atoms with Gasteiger partial charge in [0.1, 0.15) is 11.5 Å². The summed E-state index contributed by atoms with van der Waals surface area (Å²) in [4.78, 5) is 19.8. The molecular weight excluding hydrogens is 435 g/mol. The molecule has 31 heavy (non-hydrogen) atoms. The fourth-order valence-electron chi connectivity index (χ4n) is 3.72. The van der Waals surface area contributed by atoms with Gasteiger partial charge in [0.05, 0.1) is 29.3 Å². The van der Waals surface area contributed by atoms with E-state index in [1.165, 1.54) is 0 Å². The zero-order valence-corrected chi connectivity index (χ0v) is 18.0. The van der Waals surface area contributed by atoms with Crippen LogP contribution in [0.4, 0.5) is 0 Å². The number of para-hydroxylation sites is 1. The van der Waals surface area contributed by atoms with E-state index in [9.17, 15) is 4.79 Å². The van der Waals surface area contributed by atoms with Crippen molar-refractivity contribution in [1.82, 2.24) is 9.88 Å². The summed E-state index contributed by atoms with van der Waals surface area (Å²) in [5, 5.41) is 1.92. The van der Waals surface area contributed by atoms with Crippen LogP contribution in [0.1, 0.15) is 10.4 Å². The zero-order chi connectivity index (χ0) is 21.4. The molecule has 0 spiro atoms. The second kappa shape index (κ2) is 8.35. The molecule has 156 valence electrons. The van der Waals surface area contributed by atoms with Gasteiger partial charge in [-0.05, 0) is 42.5 Å². The highest BCUT2D eigenvalue weighted by Gasteiger charge is 2.22. The van der Waals surface area contributed by atoms with Gasteiger partial charge in [-0.2, -0.15) is 0 Å². The van der Waals surface area contributed by atoms with Gasteiger partial charge in [-0.25, -0.2) is 4.98 Å².